The molecule has 5 heteroatoms. The van der Waals surface area contributed by atoms with Gasteiger partial charge in [0.05, 0.1) is 19.8 Å². The van der Waals surface area contributed by atoms with Crippen molar-refractivity contribution in [3.63, 3.8) is 0 Å². The number of hydrogen-bond donors (Lipinski definition) is 0. The molecule has 0 spiro atoms. The van der Waals surface area contributed by atoms with Crippen molar-refractivity contribution in [3.05, 3.63) is 48.3 Å². The van der Waals surface area contributed by atoms with Crippen molar-refractivity contribution in [3.8, 4) is 11.5 Å². The van der Waals surface area contributed by atoms with Crippen LogP contribution in [0.4, 0.5) is 0 Å². The van der Waals surface area contributed by atoms with Crippen molar-refractivity contribution in [1.29, 1.82) is 0 Å². The van der Waals surface area contributed by atoms with Gasteiger partial charge in [-0.15, -0.1) is 9.61 Å². The molecule has 0 radical (unpaired) electrons. The van der Waals surface area contributed by atoms with Gasteiger partial charge in [0, 0.05) is 17.8 Å². The van der Waals surface area contributed by atoms with Gasteiger partial charge in [-0.2, -0.15) is 0 Å². The molecule has 1 aliphatic rings. The first-order valence-electron chi connectivity index (χ1n) is 6.64. The topological polar surface area (TPSA) is 39.0 Å². The zero-order chi connectivity index (χ0) is 13.3. The minimum Gasteiger partial charge on any atom is -0.254 e. The lowest BCUT2D eigenvalue weighted by molar-refractivity contribution is -0.648. The van der Waals surface area contributed by atoms with Crippen LogP contribution in [0.3, 0.4) is 0 Å². The number of hydrogen-bond acceptors (Lipinski definition) is 2. The van der Waals surface area contributed by atoms with Crippen LogP contribution in [0.15, 0.2) is 42.7 Å². The van der Waals surface area contributed by atoms with Crippen LogP contribution in [0.5, 0.6) is 0 Å². The van der Waals surface area contributed by atoms with Gasteiger partial charge in [0.2, 0.25) is 0 Å². The highest BCUT2D eigenvalue weighted by Gasteiger charge is 2.34. The first kappa shape index (κ1) is 10.1. The molecule has 5 heterocycles. The maximum atomic E-state index is 4.55. The molecule has 0 saturated carbocycles. The summed E-state index contributed by atoms with van der Waals surface area (Å²) in [5, 5.41) is 4.49. The standard InChI is InChI=1S/C15H12N5/c1-18-12-8-11-5-3-7-17-20(11)14(12)19-9-10-4-2-6-16-13(10)15(18)19/h2-8H,9H2,1H3/q+1. The van der Waals surface area contributed by atoms with Crippen LogP contribution >= 0.6 is 0 Å². The average molecular weight is 262 g/mol. The quantitative estimate of drug-likeness (QED) is 0.397. The molecule has 5 rings (SSSR count). The molecule has 0 saturated heterocycles. The van der Waals surface area contributed by atoms with Gasteiger partial charge < -0.3 is 0 Å². The molecule has 0 aliphatic carbocycles. The molecule has 5 nitrogen and oxygen atoms in total. The Morgan fingerprint density at radius 3 is 3.05 bits per heavy atom. The Morgan fingerprint density at radius 2 is 2.10 bits per heavy atom. The van der Waals surface area contributed by atoms with Gasteiger partial charge in [-0.25, -0.2) is 9.55 Å². The number of nitrogens with zero attached hydrogens (tertiary/aromatic N) is 5. The SMILES string of the molecule is Cn1c2[n+](c3c1cc1cccnn13)Cc1cccnc1-2. The van der Waals surface area contributed by atoms with Gasteiger partial charge >= 0.3 is 0 Å². The van der Waals surface area contributed by atoms with E-state index in [1.807, 2.05) is 29.0 Å². The maximum absolute atomic E-state index is 4.55. The molecular formula is C15H12N5+. The van der Waals surface area contributed by atoms with E-state index in [1.165, 1.54) is 11.1 Å². The zero-order valence-corrected chi connectivity index (χ0v) is 11.0. The number of pyridine rings is 1. The van der Waals surface area contributed by atoms with Crippen LogP contribution in [-0.2, 0) is 13.6 Å². The highest BCUT2D eigenvalue weighted by Crippen LogP contribution is 2.29. The number of aromatic nitrogens is 5. The van der Waals surface area contributed by atoms with Crippen molar-refractivity contribution in [1.82, 2.24) is 19.2 Å². The largest absolute Gasteiger partial charge is 0.293 e. The Bertz CT molecular complexity index is 992. The number of aryl methyl sites for hydroxylation is 1. The first-order chi connectivity index (χ1) is 9.84. The van der Waals surface area contributed by atoms with E-state index >= 15 is 0 Å². The lowest BCUT2D eigenvalue weighted by Gasteiger charge is -1.95. The second kappa shape index (κ2) is 3.25. The molecule has 96 valence electrons. The van der Waals surface area contributed by atoms with Gasteiger partial charge in [0.25, 0.3) is 11.5 Å². The normalized spacial score (nSPS) is 13.1. The number of imidazole rings is 1. The third-order valence-corrected chi connectivity index (χ3v) is 4.12. The molecular weight excluding hydrogens is 250 g/mol. The van der Waals surface area contributed by atoms with E-state index < -0.39 is 0 Å². The van der Waals surface area contributed by atoms with E-state index in [-0.39, 0.29) is 0 Å². The van der Waals surface area contributed by atoms with Gasteiger partial charge in [0.15, 0.2) is 5.52 Å². The zero-order valence-electron chi connectivity index (χ0n) is 11.0. The molecule has 0 amide bonds. The molecule has 0 atom stereocenters. The van der Waals surface area contributed by atoms with Crippen LogP contribution < -0.4 is 4.57 Å². The Hall–Kier alpha value is -2.69. The molecule has 4 aromatic heterocycles. The van der Waals surface area contributed by atoms with Gasteiger partial charge in [-0.05, 0) is 18.2 Å². The van der Waals surface area contributed by atoms with Crippen molar-refractivity contribution in [2.45, 2.75) is 6.54 Å². The van der Waals surface area contributed by atoms with E-state index in [0.717, 1.165) is 29.2 Å². The summed E-state index contributed by atoms with van der Waals surface area (Å²) in [6.45, 7) is 0.860. The Kier molecular flexibility index (Phi) is 1.65. The summed E-state index contributed by atoms with van der Waals surface area (Å²) in [6.07, 6.45) is 3.68. The summed E-state index contributed by atoms with van der Waals surface area (Å²) in [5.74, 6) is 1.16. The molecule has 20 heavy (non-hydrogen) atoms. The monoisotopic (exact) mass is 262 g/mol. The number of rotatable bonds is 0. The summed E-state index contributed by atoms with van der Waals surface area (Å²) in [5.41, 5.74) is 5.79. The fraction of sp³-hybridized carbons (Fsp3) is 0.133. The molecule has 1 aliphatic heterocycles. The highest BCUT2D eigenvalue weighted by molar-refractivity contribution is 5.81. The van der Waals surface area contributed by atoms with E-state index in [1.54, 1.807) is 0 Å². The minimum atomic E-state index is 0.860. The lowest BCUT2D eigenvalue weighted by atomic mass is 10.2. The smallest absolute Gasteiger partial charge is 0.254 e. The van der Waals surface area contributed by atoms with Crippen molar-refractivity contribution < 1.29 is 4.57 Å². The fourth-order valence-corrected chi connectivity index (χ4v) is 3.25. The van der Waals surface area contributed by atoms with Crippen LogP contribution in [-0.4, -0.2) is 19.2 Å². The predicted molar refractivity (Wildman–Crippen MR) is 74.2 cm³/mol. The highest BCUT2D eigenvalue weighted by atomic mass is 15.3. The van der Waals surface area contributed by atoms with Crippen LogP contribution in [0, 0.1) is 0 Å². The Balaban J connectivity index is 1.99. The molecule has 0 N–H and O–H groups in total. The Labute approximate surface area is 114 Å². The van der Waals surface area contributed by atoms with Crippen molar-refractivity contribution in [2.75, 3.05) is 0 Å². The van der Waals surface area contributed by atoms with E-state index in [9.17, 15) is 0 Å². The van der Waals surface area contributed by atoms with Gasteiger partial charge in [0.1, 0.15) is 11.2 Å². The molecule has 0 unspecified atom stereocenters. The molecule has 4 aromatic rings. The summed E-state index contributed by atoms with van der Waals surface area (Å²) in [6, 6.07) is 10.4. The second-order valence-electron chi connectivity index (χ2n) is 5.19. The van der Waals surface area contributed by atoms with E-state index in [4.69, 9.17) is 0 Å². The van der Waals surface area contributed by atoms with Gasteiger partial charge in [-0.3, -0.25) is 4.57 Å². The number of fused-ring (bicyclic) bond motifs is 7. The summed E-state index contributed by atoms with van der Waals surface area (Å²) in [7, 11) is 2.09. The summed E-state index contributed by atoms with van der Waals surface area (Å²) in [4.78, 5) is 4.55. The van der Waals surface area contributed by atoms with Crippen molar-refractivity contribution in [2.24, 2.45) is 7.05 Å². The molecule has 0 fully saturated rings. The maximum Gasteiger partial charge on any atom is 0.293 e. The minimum absolute atomic E-state index is 0.860. The molecule has 0 aromatic carbocycles. The molecule has 0 bridgehead atoms. The van der Waals surface area contributed by atoms with Crippen LogP contribution in [0.1, 0.15) is 5.56 Å². The predicted octanol–water partition coefficient (Wildman–Crippen LogP) is 1.54. The van der Waals surface area contributed by atoms with Crippen molar-refractivity contribution >= 4 is 16.7 Å². The summed E-state index contributed by atoms with van der Waals surface area (Å²) < 4.78 is 6.51. The van der Waals surface area contributed by atoms with E-state index in [2.05, 4.69) is 44.5 Å². The third-order valence-electron chi connectivity index (χ3n) is 4.12. The van der Waals surface area contributed by atoms with Gasteiger partial charge in [-0.1, -0.05) is 6.07 Å². The summed E-state index contributed by atoms with van der Waals surface area (Å²) >= 11 is 0. The first-order valence-corrected chi connectivity index (χ1v) is 6.64. The third kappa shape index (κ3) is 1.02. The average Bonchev–Trinajstić information content (AvgIpc) is 3.10. The van der Waals surface area contributed by atoms with E-state index in [0.29, 0.717) is 0 Å². The fourth-order valence-electron chi connectivity index (χ4n) is 3.25. The second-order valence-corrected chi connectivity index (χ2v) is 5.19. The lowest BCUT2D eigenvalue weighted by Crippen LogP contribution is -2.32. The Morgan fingerprint density at radius 1 is 1.20 bits per heavy atom. The van der Waals surface area contributed by atoms with Crippen LogP contribution in [0.25, 0.3) is 28.2 Å². The van der Waals surface area contributed by atoms with Crippen LogP contribution in [0.2, 0.25) is 0 Å².